The number of nitrogen functional groups attached to an aromatic ring is 2. The lowest BCUT2D eigenvalue weighted by molar-refractivity contribution is 0.354. The van der Waals surface area contributed by atoms with Crippen molar-refractivity contribution in [3.05, 3.63) is 47.5 Å². The van der Waals surface area contributed by atoms with Crippen molar-refractivity contribution in [1.82, 2.24) is 0 Å². The largest absolute Gasteiger partial charge is 0.492 e. The van der Waals surface area contributed by atoms with Crippen LogP contribution in [0.5, 0.6) is 11.5 Å². The quantitative estimate of drug-likeness (QED) is 0.826. The summed E-state index contributed by atoms with van der Waals surface area (Å²) in [5.74, 6) is 1.13. The van der Waals surface area contributed by atoms with E-state index in [2.05, 4.69) is 0 Å². The van der Waals surface area contributed by atoms with Crippen LogP contribution in [0.1, 0.15) is 11.1 Å². The Morgan fingerprint density at radius 2 is 1.53 bits per heavy atom. The molecule has 0 spiro atoms. The second-order valence-electron chi connectivity index (χ2n) is 4.26. The van der Waals surface area contributed by atoms with Crippen molar-refractivity contribution >= 4 is 11.4 Å². The standard InChI is InChI=1S/C15H18N2O2/c1-18-14-11(8-10-6-4-3-5-7-10)12(16)9-13(17)15(14)19-2/h3-7,9H,8,16-17H2,1-2H3. The number of hydrogen-bond donors (Lipinski definition) is 2. The molecule has 0 amide bonds. The Bertz CT molecular complexity index is 568. The van der Waals surface area contributed by atoms with Gasteiger partial charge in [-0.2, -0.15) is 0 Å². The molecule has 0 saturated heterocycles. The maximum Gasteiger partial charge on any atom is 0.184 e. The zero-order valence-corrected chi connectivity index (χ0v) is 11.1. The van der Waals surface area contributed by atoms with Crippen LogP contribution in [0.3, 0.4) is 0 Å². The first kappa shape index (κ1) is 13.1. The zero-order chi connectivity index (χ0) is 13.8. The first-order chi connectivity index (χ1) is 9.17. The van der Waals surface area contributed by atoms with Gasteiger partial charge in [-0.1, -0.05) is 30.3 Å². The number of ether oxygens (including phenoxy) is 2. The first-order valence-electron chi connectivity index (χ1n) is 6.00. The van der Waals surface area contributed by atoms with Crippen LogP contribution in [0.15, 0.2) is 36.4 Å². The third-order valence-electron chi connectivity index (χ3n) is 3.03. The molecule has 4 heteroatoms. The Labute approximate surface area is 112 Å². The van der Waals surface area contributed by atoms with Gasteiger partial charge in [0.1, 0.15) is 0 Å². The van der Waals surface area contributed by atoms with Gasteiger partial charge in [-0.25, -0.2) is 0 Å². The second-order valence-corrected chi connectivity index (χ2v) is 4.26. The molecule has 0 atom stereocenters. The number of methoxy groups -OCH3 is 2. The zero-order valence-electron chi connectivity index (χ0n) is 11.1. The molecule has 0 radical (unpaired) electrons. The lowest BCUT2D eigenvalue weighted by Gasteiger charge is -2.17. The minimum Gasteiger partial charge on any atom is -0.492 e. The highest BCUT2D eigenvalue weighted by atomic mass is 16.5. The van der Waals surface area contributed by atoms with Crippen LogP contribution in [0.2, 0.25) is 0 Å². The summed E-state index contributed by atoms with van der Waals surface area (Å²) in [6.07, 6.45) is 0.673. The van der Waals surface area contributed by atoms with Gasteiger partial charge in [0.25, 0.3) is 0 Å². The molecule has 0 bridgehead atoms. The van der Waals surface area contributed by atoms with E-state index in [0.717, 1.165) is 11.1 Å². The van der Waals surface area contributed by atoms with Crippen LogP contribution in [-0.2, 0) is 6.42 Å². The molecule has 0 aliphatic heterocycles. The number of nitrogens with two attached hydrogens (primary N) is 2. The lowest BCUT2D eigenvalue weighted by Crippen LogP contribution is -2.04. The lowest BCUT2D eigenvalue weighted by atomic mass is 10.0. The predicted octanol–water partition coefficient (Wildman–Crippen LogP) is 2.46. The van der Waals surface area contributed by atoms with Gasteiger partial charge in [-0.3, -0.25) is 0 Å². The molecule has 100 valence electrons. The molecule has 0 aromatic heterocycles. The molecule has 2 aromatic carbocycles. The highest BCUT2D eigenvalue weighted by Crippen LogP contribution is 2.41. The summed E-state index contributed by atoms with van der Waals surface area (Å²) in [5, 5.41) is 0. The van der Waals surface area contributed by atoms with Gasteiger partial charge in [-0.05, 0) is 11.6 Å². The number of benzene rings is 2. The molecular formula is C15H18N2O2. The molecule has 4 N–H and O–H groups in total. The van der Waals surface area contributed by atoms with Crippen LogP contribution in [0, 0.1) is 0 Å². The van der Waals surface area contributed by atoms with E-state index in [1.165, 1.54) is 0 Å². The summed E-state index contributed by atoms with van der Waals surface area (Å²) < 4.78 is 10.7. The van der Waals surface area contributed by atoms with Crippen molar-refractivity contribution in [3.8, 4) is 11.5 Å². The maximum absolute atomic E-state index is 6.05. The van der Waals surface area contributed by atoms with Gasteiger partial charge in [0, 0.05) is 17.7 Å². The Kier molecular flexibility index (Phi) is 3.80. The Morgan fingerprint density at radius 3 is 2.11 bits per heavy atom. The Balaban J connectivity index is 2.50. The minimum atomic E-state index is 0.480. The molecule has 0 aliphatic carbocycles. The summed E-state index contributed by atoms with van der Waals surface area (Å²) in [6, 6.07) is 11.8. The van der Waals surface area contributed by atoms with Gasteiger partial charge in [0.05, 0.1) is 19.9 Å². The summed E-state index contributed by atoms with van der Waals surface area (Å²) in [5.41, 5.74) is 15.1. The molecule has 19 heavy (non-hydrogen) atoms. The fourth-order valence-corrected chi connectivity index (χ4v) is 2.13. The number of hydrogen-bond acceptors (Lipinski definition) is 4. The van der Waals surface area contributed by atoms with Gasteiger partial charge < -0.3 is 20.9 Å². The topological polar surface area (TPSA) is 70.5 Å². The molecule has 2 rings (SSSR count). The normalized spacial score (nSPS) is 10.2. The summed E-state index contributed by atoms with van der Waals surface area (Å²) in [4.78, 5) is 0. The molecule has 2 aromatic rings. The fraction of sp³-hybridized carbons (Fsp3) is 0.200. The predicted molar refractivity (Wildman–Crippen MR) is 77.6 cm³/mol. The molecule has 0 fully saturated rings. The van der Waals surface area contributed by atoms with Crippen LogP contribution in [-0.4, -0.2) is 14.2 Å². The highest BCUT2D eigenvalue weighted by Gasteiger charge is 2.17. The van der Waals surface area contributed by atoms with Crippen LogP contribution in [0.25, 0.3) is 0 Å². The van der Waals surface area contributed by atoms with E-state index in [1.807, 2.05) is 30.3 Å². The average molecular weight is 258 g/mol. The maximum atomic E-state index is 6.05. The van der Waals surface area contributed by atoms with E-state index < -0.39 is 0 Å². The van der Waals surface area contributed by atoms with Crippen molar-refractivity contribution in [3.63, 3.8) is 0 Å². The second kappa shape index (κ2) is 5.52. The van der Waals surface area contributed by atoms with Gasteiger partial charge in [-0.15, -0.1) is 0 Å². The van der Waals surface area contributed by atoms with Gasteiger partial charge in [0.15, 0.2) is 11.5 Å². The minimum absolute atomic E-state index is 0.480. The molecular weight excluding hydrogens is 240 g/mol. The monoisotopic (exact) mass is 258 g/mol. The molecule has 0 heterocycles. The summed E-state index contributed by atoms with van der Waals surface area (Å²) in [7, 11) is 3.15. The van der Waals surface area contributed by atoms with E-state index >= 15 is 0 Å². The van der Waals surface area contributed by atoms with E-state index in [4.69, 9.17) is 20.9 Å². The number of rotatable bonds is 4. The molecule has 0 aliphatic rings. The van der Waals surface area contributed by atoms with Crippen molar-refractivity contribution in [2.24, 2.45) is 0 Å². The fourth-order valence-electron chi connectivity index (χ4n) is 2.13. The van der Waals surface area contributed by atoms with Gasteiger partial charge >= 0.3 is 0 Å². The molecule has 4 nitrogen and oxygen atoms in total. The molecule has 0 saturated carbocycles. The first-order valence-corrected chi connectivity index (χ1v) is 6.00. The summed E-state index contributed by atoms with van der Waals surface area (Å²) >= 11 is 0. The number of anilines is 2. The Morgan fingerprint density at radius 1 is 0.895 bits per heavy atom. The van der Waals surface area contributed by atoms with Crippen molar-refractivity contribution in [2.45, 2.75) is 6.42 Å². The summed E-state index contributed by atoms with van der Waals surface area (Å²) in [6.45, 7) is 0. The SMILES string of the molecule is COc1c(N)cc(N)c(Cc2ccccc2)c1OC. The van der Waals surface area contributed by atoms with Crippen LogP contribution >= 0.6 is 0 Å². The van der Waals surface area contributed by atoms with Gasteiger partial charge in [0.2, 0.25) is 0 Å². The average Bonchev–Trinajstić information content (AvgIpc) is 2.42. The van der Waals surface area contributed by atoms with Crippen LogP contribution in [0.4, 0.5) is 11.4 Å². The van der Waals surface area contributed by atoms with E-state index in [9.17, 15) is 0 Å². The molecule has 0 unspecified atom stereocenters. The van der Waals surface area contributed by atoms with E-state index in [1.54, 1.807) is 20.3 Å². The Hall–Kier alpha value is -2.36. The van der Waals surface area contributed by atoms with Crippen molar-refractivity contribution in [1.29, 1.82) is 0 Å². The van der Waals surface area contributed by atoms with E-state index in [-0.39, 0.29) is 0 Å². The van der Waals surface area contributed by atoms with Crippen molar-refractivity contribution < 1.29 is 9.47 Å². The van der Waals surface area contributed by atoms with E-state index in [0.29, 0.717) is 29.3 Å². The third-order valence-corrected chi connectivity index (χ3v) is 3.03. The third kappa shape index (κ3) is 2.57. The smallest absolute Gasteiger partial charge is 0.184 e. The highest BCUT2D eigenvalue weighted by molar-refractivity contribution is 5.73. The van der Waals surface area contributed by atoms with Crippen molar-refractivity contribution in [2.75, 3.05) is 25.7 Å². The van der Waals surface area contributed by atoms with Crippen LogP contribution < -0.4 is 20.9 Å².